The molecule has 0 aromatic heterocycles. The highest BCUT2D eigenvalue weighted by Gasteiger charge is 2.33. The van der Waals surface area contributed by atoms with Gasteiger partial charge in [-0.15, -0.1) is 0 Å². The monoisotopic (exact) mass is 312 g/mol. The number of esters is 1. The van der Waals surface area contributed by atoms with Crippen LogP contribution in [0.4, 0.5) is 0 Å². The van der Waals surface area contributed by atoms with Crippen molar-refractivity contribution < 1.29 is 19.2 Å². The maximum atomic E-state index is 12.7. The molecule has 0 unspecified atom stereocenters. The summed E-state index contributed by atoms with van der Waals surface area (Å²) >= 11 is 0. The number of ether oxygens (including phenoxy) is 2. The molecule has 0 atom stereocenters. The molecule has 2 aromatic carbocycles. The summed E-state index contributed by atoms with van der Waals surface area (Å²) in [6, 6.07) is 15.3. The predicted molar refractivity (Wildman–Crippen MR) is 88.1 cm³/mol. The van der Waals surface area contributed by atoms with Crippen LogP contribution in [0.3, 0.4) is 0 Å². The van der Waals surface area contributed by atoms with Crippen LogP contribution in [0.2, 0.25) is 0 Å². The summed E-state index contributed by atoms with van der Waals surface area (Å²) in [6.07, 6.45) is 0.862. The summed E-state index contributed by atoms with van der Waals surface area (Å²) in [5, 5.41) is 0. The average Bonchev–Trinajstić information content (AvgIpc) is 2.56. The zero-order valence-corrected chi connectivity index (χ0v) is 13.5. The molecule has 0 aliphatic carbocycles. The number of nitrogens with one attached hydrogen (secondary N) is 1. The van der Waals surface area contributed by atoms with E-state index in [1.807, 2.05) is 48.5 Å². The number of fused-ring (bicyclic) bond motifs is 2. The average molecular weight is 312 g/mol. The number of carbonyl (C=O) groups is 1. The Morgan fingerprint density at radius 2 is 1.61 bits per heavy atom. The van der Waals surface area contributed by atoms with Gasteiger partial charge in [-0.05, 0) is 12.1 Å². The number of para-hydroxylation sites is 2. The molecular weight excluding hydrogens is 290 g/mol. The summed E-state index contributed by atoms with van der Waals surface area (Å²) < 4.78 is 11.4. The highest BCUT2D eigenvalue weighted by Crippen LogP contribution is 2.44. The van der Waals surface area contributed by atoms with Gasteiger partial charge in [0.15, 0.2) is 0 Å². The Bertz CT molecular complexity index is 651. The number of carbonyl (C=O) groups excluding carboxylic acids is 1. The van der Waals surface area contributed by atoms with E-state index in [0.717, 1.165) is 35.6 Å². The first-order valence-electron chi connectivity index (χ1n) is 7.98. The molecule has 0 radical (unpaired) electrons. The maximum Gasteiger partial charge on any atom is 0.318 e. The van der Waals surface area contributed by atoms with E-state index in [0.29, 0.717) is 6.61 Å². The number of hydrogen-bond donors (Lipinski definition) is 1. The maximum absolute atomic E-state index is 12.7. The van der Waals surface area contributed by atoms with Gasteiger partial charge in [-0.25, -0.2) is 0 Å². The Morgan fingerprint density at radius 3 is 2.17 bits per heavy atom. The Hall–Kier alpha value is -2.33. The van der Waals surface area contributed by atoms with Gasteiger partial charge in [-0.1, -0.05) is 36.4 Å². The highest BCUT2D eigenvalue weighted by molar-refractivity contribution is 5.85. The molecule has 1 heterocycles. The van der Waals surface area contributed by atoms with Crippen molar-refractivity contribution >= 4 is 5.97 Å². The normalized spacial score (nSPS) is 13.2. The lowest BCUT2D eigenvalue weighted by atomic mass is 9.88. The predicted octanol–water partition coefficient (Wildman–Crippen LogP) is 2.00. The molecule has 1 aliphatic rings. The van der Waals surface area contributed by atoms with E-state index in [-0.39, 0.29) is 5.97 Å². The largest absolute Gasteiger partial charge is 0.465 e. The summed E-state index contributed by atoms with van der Waals surface area (Å²) in [5.41, 5.74) is 1.74. The number of quaternary nitrogens is 1. The van der Waals surface area contributed by atoms with Crippen LogP contribution in [-0.4, -0.2) is 33.2 Å². The SMILES string of the molecule is C[NH+](C)CCCOC(=O)C1c2ccccc2Oc2ccccc21. The van der Waals surface area contributed by atoms with E-state index in [9.17, 15) is 4.79 Å². The molecule has 0 spiro atoms. The quantitative estimate of drug-likeness (QED) is 0.678. The molecule has 120 valence electrons. The van der Waals surface area contributed by atoms with Crippen LogP contribution in [-0.2, 0) is 9.53 Å². The van der Waals surface area contributed by atoms with Crippen molar-refractivity contribution in [2.45, 2.75) is 12.3 Å². The molecule has 0 saturated heterocycles. The molecule has 0 fully saturated rings. The van der Waals surface area contributed by atoms with E-state index < -0.39 is 5.92 Å². The summed E-state index contributed by atoms with van der Waals surface area (Å²) in [7, 11) is 4.18. The third-order valence-corrected chi connectivity index (χ3v) is 3.98. The van der Waals surface area contributed by atoms with E-state index >= 15 is 0 Å². The van der Waals surface area contributed by atoms with Crippen molar-refractivity contribution in [2.75, 3.05) is 27.2 Å². The Balaban J connectivity index is 1.82. The Labute approximate surface area is 136 Å². The molecule has 0 saturated carbocycles. The van der Waals surface area contributed by atoms with E-state index in [1.54, 1.807) is 0 Å². The summed E-state index contributed by atoms with van der Waals surface area (Å²) in [6.45, 7) is 1.43. The number of rotatable bonds is 5. The second-order valence-electron chi connectivity index (χ2n) is 6.09. The van der Waals surface area contributed by atoms with Crippen LogP contribution >= 0.6 is 0 Å². The molecule has 2 aromatic rings. The van der Waals surface area contributed by atoms with Crippen molar-refractivity contribution in [3.63, 3.8) is 0 Å². The zero-order chi connectivity index (χ0) is 16.2. The topological polar surface area (TPSA) is 40.0 Å². The molecule has 1 aliphatic heterocycles. The smallest absolute Gasteiger partial charge is 0.318 e. The van der Waals surface area contributed by atoms with Gasteiger partial charge in [0.1, 0.15) is 17.4 Å². The third kappa shape index (κ3) is 3.37. The minimum absolute atomic E-state index is 0.207. The minimum Gasteiger partial charge on any atom is -0.465 e. The van der Waals surface area contributed by atoms with Gasteiger partial charge in [0, 0.05) is 17.5 Å². The third-order valence-electron chi connectivity index (χ3n) is 3.98. The molecule has 23 heavy (non-hydrogen) atoms. The first kappa shape index (κ1) is 15.6. The summed E-state index contributed by atoms with van der Waals surface area (Å²) in [4.78, 5) is 14.0. The van der Waals surface area contributed by atoms with Crippen molar-refractivity contribution in [1.82, 2.24) is 0 Å². The molecule has 4 nitrogen and oxygen atoms in total. The van der Waals surface area contributed by atoms with E-state index in [2.05, 4.69) is 14.1 Å². The van der Waals surface area contributed by atoms with Crippen LogP contribution < -0.4 is 9.64 Å². The van der Waals surface area contributed by atoms with E-state index in [1.165, 1.54) is 4.90 Å². The van der Waals surface area contributed by atoms with Crippen molar-refractivity contribution in [3.8, 4) is 11.5 Å². The van der Waals surface area contributed by atoms with Crippen LogP contribution in [0.25, 0.3) is 0 Å². The molecule has 4 heteroatoms. The molecule has 0 bridgehead atoms. The second-order valence-corrected chi connectivity index (χ2v) is 6.09. The van der Waals surface area contributed by atoms with Crippen LogP contribution in [0.1, 0.15) is 23.5 Å². The highest BCUT2D eigenvalue weighted by atomic mass is 16.5. The van der Waals surface area contributed by atoms with E-state index in [4.69, 9.17) is 9.47 Å². The first-order chi connectivity index (χ1) is 11.2. The van der Waals surface area contributed by atoms with Crippen molar-refractivity contribution in [2.24, 2.45) is 0 Å². The molecule has 0 amide bonds. The van der Waals surface area contributed by atoms with Gasteiger partial charge in [0.2, 0.25) is 0 Å². The lowest BCUT2D eigenvalue weighted by molar-refractivity contribution is -0.858. The zero-order valence-electron chi connectivity index (χ0n) is 13.5. The van der Waals surface area contributed by atoms with Crippen molar-refractivity contribution in [3.05, 3.63) is 59.7 Å². The number of hydrogen-bond acceptors (Lipinski definition) is 3. The van der Waals surface area contributed by atoms with Gasteiger partial charge in [0.25, 0.3) is 0 Å². The van der Waals surface area contributed by atoms with Crippen LogP contribution in [0.5, 0.6) is 11.5 Å². The fraction of sp³-hybridized carbons (Fsp3) is 0.316. The van der Waals surface area contributed by atoms with Gasteiger partial charge in [-0.2, -0.15) is 0 Å². The Morgan fingerprint density at radius 1 is 1.04 bits per heavy atom. The molecule has 1 N–H and O–H groups in total. The molecule has 3 rings (SSSR count). The lowest BCUT2D eigenvalue weighted by Gasteiger charge is -2.26. The van der Waals surface area contributed by atoms with Gasteiger partial charge in [0.05, 0.1) is 27.2 Å². The first-order valence-corrected chi connectivity index (χ1v) is 7.98. The van der Waals surface area contributed by atoms with Crippen LogP contribution in [0, 0.1) is 0 Å². The fourth-order valence-electron chi connectivity index (χ4n) is 2.85. The van der Waals surface area contributed by atoms with Crippen molar-refractivity contribution in [1.29, 1.82) is 0 Å². The van der Waals surface area contributed by atoms with Gasteiger partial charge < -0.3 is 14.4 Å². The summed E-state index contributed by atoms with van der Waals surface area (Å²) in [5.74, 6) is 0.835. The molecular formula is C19H22NO3+. The standard InChI is InChI=1S/C19H21NO3/c1-20(2)12-7-13-22-19(21)18-14-8-3-5-10-16(14)23-17-11-6-4-9-15(17)18/h3-6,8-11,18H,7,12-13H2,1-2H3/p+1. The second kappa shape index (κ2) is 6.84. The fourth-order valence-corrected chi connectivity index (χ4v) is 2.85. The van der Waals surface area contributed by atoms with Gasteiger partial charge >= 0.3 is 5.97 Å². The Kier molecular flexibility index (Phi) is 4.63. The number of benzene rings is 2. The lowest BCUT2D eigenvalue weighted by Crippen LogP contribution is -3.05. The van der Waals surface area contributed by atoms with Crippen LogP contribution in [0.15, 0.2) is 48.5 Å². The van der Waals surface area contributed by atoms with Gasteiger partial charge in [-0.3, -0.25) is 4.79 Å². The minimum atomic E-state index is -0.414.